The number of rotatable bonds is 1. The van der Waals surface area contributed by atoms with E-state index in [2.05, 4.69) is 13.0 Å². The number of carbonyl (C=O) groups excluding carboxylic acids is 2. The second-order valence-electron chi connectivity index (χ2n) is 8.29. The SMILES string of the molecule is CC(=O)[C@]1(O)CC[C@@H]2[C@@H]3CCC4=C(CCC(=O)C4)C3=CC[C@@]21C. The number of hydrogen-bond acceptors (Lipinski definition) is 3. The predicted molar refractivity (Wildman–Crippen MR) is 87.8 cm³/mol. The van der Waals surface area contributed by atoms with Gasteiger partial charge in [-0.15, -0.1) is 0 Å². The summed E-state index contributed by atoms with van der Waals surface area (Å²) in [5.41, 5.74) is 2.79. The smallest absolute Gasteiger partial charge is 0.161 e. The van der Waals surface area contributed by atoms with Gasteiger partial charge in [-0.25, -0.2) is 0 Å². The zero-order valence-electron chi connectivity index (χ0n) is 14.2. The molecule has 0 heterocycles. The Bertz CT molecular complexity index is 656. The number of allylic oxidation sites excluding steroid dienone is 4. The van der Waals surface area contributed by atoms with Crippen LogP contribution in [0.4, 0.5) is 0 Å². The van der Waals surface area contributed by atoms with Gasteiger partial charge in [-0.1, -0.05) is 18.6 Å². The third-order valence-electron chi connectivity index (χ3n) is 7.39. The molecule has 0 saturated heterocycles. The maximum absolute atomic E-state index is 12.1. The van der Waals surface area contributed by atoms with Crippen LogP contribution in [0.5, 0.6) is 0 Å². The topological polar surface area (TPSA) is 54.4 Å². The number of ketones is 2. The van der Waals surface area contributed by atoms with Crippen LogP contribution in [0.1, 0.15) is 65.2 Å². The molecule has 0 spiro atoms. The van der Waals surface area contributed by atoms with Crippen molar-refractivity contribution in [3.8, 4) is 0 Å². The molecule has 4 aliphatic carbocycles. The molecule has 4 rings (SSSR count). The van der Waals surface area contributed by atoms with Gasteiger partial charge in [0.15, 0.2) is 5.78 Å². The summed E-state index contributed by atoms with van der Waals surface area (Å²) in [4.78, 5) is 23.9. The Kier molecular flexibility index (Phi) is 3.26. The number of hydrogen-bond donors (Lipinski definition) is 1. The van der Waals surface area contributed by atoms with Crippen molar-refractivity contribution in [2.24, 2.45) is 17.3 Å². The van der Waals surface area contributed by atoms with Gasteiger partial charge < -0.3 is 5.11 Å². The van der Waals surface area contributed by atoms with Crippen LogP contribution < -0.4 is 0 Å². The highest BCUT2D eigenvalue weighted by atomic mass is 16.3. The Morgan fingerprint density at radius 1 is 1.26 bits per heavy atom. The second-order valence-corrected chi connectivity index (χ2v) is 8.29. The first-order chi connectivity index (χ1) is 10.9. The van der Waals surface area contributed by atoms with E-state index in [1.54, 1.807) is 6.92 Å². The van der Waals surface area contributed by atoms with Crippen molar-refractivity contribution in [1.29, 1.82) is 0 Å². The van der Waals surface area contributed by atoms with Gasteiger partial charge in [0.25, 0.3) is 0 Å². The van der Waals surface area contributed by atoms with Gasteiger partial charge in [0.2, 0.25) is 0 Å². The summed E-state index contributed by atoms with van der Waals surface area (Å²) in [5.74, 6) is 1.17. The van der Waals surface area contributed by atoms with Crippen molar-refractivity contribution < 1.29 is 14.7 Å². The Morgan fingerprint density at radius 2 is 2.04 bits per heavy atom. The largest absolute Gasteiger partial charge is 0.381 e. The molecule has 0 bridgehead atoms. The quantitative estimate of drug-likeness (QED) is 0.806. The number of aliphatic hydroxyl groups is 1. The lowest BCUT2D eigenvalue weighted by Gasteiger charge is -2.49. The average Bonchev–Trinajstić information content (AvgIpc) is 2.80. The van der Waals surface area contributed by atoms with Crippen molar-refractivity contribution in [2.45, 2.75) is 70.8 Å². The summed E-state index contributed by atoms with van der Waals surface area (Å²) < 4.78 is 0. The van der Waals surface area contributed by atoms with E-state index < -0.39 is 5.60 Å². The van der Waals surface area contributed by atoms with E-state index >= 15 is 0 Å². The summed E-state index contributed by atoms with van der Waals surface area (Å²) in [6.07, 6.45) is 8.95. The van der Waals surface area contributed by atoms with E-state index in [1.807, 2.05) is 0 Å². The molecule has 1 saturated carbocycles. The zero-order chi connectivity index (χ0) is 16.4. The van der Waals surface area contributed by atoms with Gasteiger partial charge >= 0.3 is 0 Å². The molecule has 4 aliphatic rings. The van der Waals surface area contributed by atoms with Gasteiger partial charge in [0, 0.05) is 18.3 Å². The molecule has 4 atom stereocenters. The van der Waals surface area contributed by atoms with E-state index in [4.69, 9.17) is 0 Å². The van der Waals surface area contributed by atoms with Crippen molar-refractivity contribution in [3.05, 3.63) is 22.8 Å². The molecule has 1 fully saturated rings. The van der Waals surface area contributed by atoms with Gasteiger partial charge in [-0.3, -0.25) is 9.59 Å². The van der Waals surface area contributed by atoms with E-state index in [9.17, 15) is 14.7 Å². The minimum atomic E-state index is -1.16. The van der Waals surface area contributed by atoms with Crippen LogP contribution in [0.2, 0.25) is 0 Å². The molecule has 0 aromatic carbocycles. The molecule has 23 heavy (non-hydrogen) atoms. The molecule has 3 heteroatoms. The van der Waals surface area contributed by atoms with Crippen molar-refractivity contribution in [1.82, 2.24) is 0 Å². The lowest BCUT2D eigenvalue weighted by Crippen LogP contribution is -2.52. The minimum Gasteiger partial charge on any atom is -0.381 e. The Balaban J connectivity index is 1.74. The Hall–Kier alpha value is -1.22. The number of fused-ring (bicyclic) bond motifs is 4. The van der Waals surface area contributed by atoms with E-state index in [0.717, 1.165) is 32.1 Å². The highest BCUT2D eigenvalue weighted by molar-refractivity contribution is 5.86. The summed E-state index contributed by atoms with van der Waals surface area (Å²) in [5, 5.41) is 11.0. The average molecular weight is 314 g/mol. The third-order valence-corrected chi connectivity index (χ3v) is 7.39. The van der Waals surface area contributed by atoms with E-state index in [1.165, 1.54) is 16.7 Å². The highest BCUT2D eigenvalue weighted by Gasteiger charge is 2.62. The molecule has 3 nitrogen and oxygen atoms in total. The molecule has 0 radical (unpaired) electrons. The maximum Gasteiger partial charge on any atom is 0.161 e. The van der Waals surface area contributed by atoms with Gasteiger partial charge in [-0.05, 0) is 68.4 Å². The van der Waals surface area contributed by atoms with Crippen molar-refractivity contribution >= 4 is 11.6 Å². The minimum absolute atomic E-state index is 0.0710. The fourth-order valence-electron chi connectivity index (χ4n) is 6.00. The van der Waals surface area contributed by atoms with Crippen LogP contribution >= 0.6 is 0 Å². The zero-order valence-corrected chi connectivity index (χ0v) is 14.2. The van der Waals surface area contributed by atoms with Gasteiger partial charge in [0.05, 0.1) is 0 Å². The summed E-state index contributed by atoms with van der Waals surface area (Å²) in [6, 6.07) is 0. The predicted octanol–water partition coefficient (Wildman–Crippen LogP) is 3.51. The second kappa shape index (κ2) is 4.89. The lowest BCUT2D eigenvalue weighted by molar-refractivity contribution is -0.150. The molecule has 1 N–H and O–H groups in total. The van der Waals surface area contributed by atoms with Crippen LogP contribution in [0.15, 0.2) is 22.8 Å². The Morgan fingerprint density at radius 3 is 2.78 bits per heavy atom. The van der Waals surface area contributed by atoms with Crippen LogP contribution in [-0.4, -0.2) is 22.3 Å². The van der Waals surface area contributed by atoms with Crippen LogP contribution in [0.3, 0.4) is 0 Å². The molecule has 0 aromatic heterocycles. The molecule has 0 aromatic rings. The lowest BCUT2D eigenvalue weighted by atomic mass is 9.56. The summed E-state index contributed by atoms with van der Waals surface area (Å²) >= 11 is 0. The van der Waals surface area contributed by atoms with Crippen LogP contribution in [0.25, 0.3) is 0 Å². The van der Waals surface area contributed by atoms with Gasteiger partial charge in [0.1, 0.15) is 11.4 Å². The first-order valence-corrected chi connectivity index (χ1v) is 9.03. The fourth-order valence-corrected chi connectivity index (χ4v) is 6.00. The standard InChI is InChI=1S/C20H26O3/c1-12(21)20(23)10-8-18-17-5-3-13-11-14(22)4-6-15(13)16(17)7-9-19(18,20)2/h7,17-18,23H,3-6,8-11H2,1-2H3/t17-,18-,19+,20-/m1/s1. The summed E-state index contributed by atoms with van der Waals surface area (Å²) in [6.45, 7) is 3.66. The van der Waals surface area contributed by atoms with E-state index in [0.29, 0.717) is 36.9 Å². The first kappa shape index (κ1) is 15.3. The highest BCUT2D eigenvalue weighted by Crippen LogP contribution is 2.62. The van der Waals surface area contributed by atoms with E-state index in [-0.39, 0.29) is 11.2 Å². The normalized spacial score (nSPS) is 42.7. The monoisotopic (exact) mass is 314 g/mol. The third kappa shape index (κ3) is 1.92. The molecular formula is C20H26O3. The first-order valence-electron chi connectivity index (χ1n) is 9.03. The summed E-state index contributed by atoms with van der Waals surface area (Å²) in [7, 11) is 0. The van der Waals surface area contributed by atoms with Crippen LogP contribution in [0, 0.1) is 17.3 Å². The molecule has 0 amide bonds. The number of Topliss-reactive ketones (excluding diaryl/α,β-unsaturated/α-hetero) is 2. The fraction of sp³-hybridized carbons (Fsp3) is 0.700. The van der Waals surface area contributed by atoms with Gasteiger partial charge in [-0.2, -0.15) is 0 Å². The number of carbonyl (C=O) groups is 2. The molecular weight excluding hydrogens is 288 g/mol. The van der Waals surface area contributed by atoms with Crippen LogP contribution in [-0.2, 0) is 9.59 Å². The maximum atomic E-state index is 12.1. The Labute approximate surface area is 137 Å². The molecule has 0 unspecified atom stereocenters. The van der Waals surface area contributed by atoms with Crippen molar-refractivity contribution in [3.63, 3.8) is 0 Å². The molecule has 124 valence electrons. The molecule has 0 aliphatic heterocycles. The van der Waals surface area contributed by atoms with Crippen molar-refractivity contribution in [2.75, 3.05) is 0 Å².